The molecule has 2 N–H and O–H groups in total. The third-order valence-electron chi connectivity index (χ3n) is 4.65. The van der Waals surface area contributed by atoms with Gasteiger partial charge in [-0.25, -0.2) is 0 Å². The molecule has 120 valence electrons. The number of hydrogen-bond donors (Lipinski definition) is 2. The number of nitrogens with one attached hydrogen (secondary N) is 1. The SMILES string of the molecule is CC1(C(=O)O)CCCN1CC(=O)Nc1cccc2ccccc12. The zero-order valence-electron chi connectivity index (χ0n) is 13.1. The molecule has 0 spiro atoms. The molecule has 5 heteroatoms. The standard InChI is InChI=1S/C18H20N2O3/c1-18(17(22)23)10-5-11-20(18)12-16(21)19-15-9-4-7-13-6-2-3-8-14(13)15/h2-4,6-9H,5,10-12H2,1H3,(H,19,21)(H,22,23). The van der Waals surface area contributed by atoms with Gasteiger partial charge in [-0.05, 0) is 37.8 Å². The Morgan fingerprint density at radius 3 is 2.74 bits per heavy atom. The van der Waals surface area contributed by atoms with E-state index in [4.69, 9.17) is 0 Å². The number of carboxylic acids is 1. The minimum Gasteiger partial charge on any atom is -0.480 e. The van der Waals surface area contributed by atoms with E-state index in [2.05, 4.69) is 5.32 Å². The lowest BCUT2D eigenvalue weighted by atomic mass is 9.99. The lowest BCUT2D eigenvalue weighted by Gasteiger charge is -2.30. The summed E-state index contributed by atoms with van der Waals surface area (Å²) in [5, 5.41) is 14.4. The highest BCUT2D eigenvalue weighted by molar-refractivity contribution is 6.02. The predicted octanol–water partition coefficient (Wildman–Crippen LogP) is 2.72. The Balaban J connectivity index is 1.76. The van der Waals surface area contributed by atoms with Gasteiger partial charge in [-0.15, -0.1) is 0 Å². The van der Waals surface area contributed by atoms with Gasteiger partial charge >= 0.3 is 5.97 Å². The maximum absolute atomic E-state index is 12.4. The van der Waals surface area contributed by atoms with Gasteiger partial charge < -0.3 is 10.4 Å². The molecule has 1 fully saturated rings. The van der Waals surface area contributed by atoms with Gasteiger partial charge in [-0.3, -0.25) is 14.5 Å². The number of anilines is 1. The van der Waals surface area contributed by atoms with Crippen molar-refractivity contribution in [3.8, 4) is 0 Å². The van der Waals surface area contributed by atoms with Gasteiger partial charge in [0.05, 0.1) is 6.54 Å². The molecule has 1 heterocycles. The Morgan fingerprint density at radius 2 is 1.96 bits per heavy atom. The topological polar surface area (TPSA) is 69.6 Å². The Bertz CT molecular complexity index is 754. The fourth-order valence-electron chi connectivity index (χ4n) is 3.21. The van der Waals surface area contributed by atoms with E-state index in [0.717, 1.165) is 22.9 Å². The van der Waals surface area contributed by atoms with Crippen LogP contribution in [0.4, 0.5) is 5.69 Å². The third-order valence-corrected chi connectivity index (χ3v) is 4.65. The fourth-order valence-corrected chi connectivity index (χ4v) is 3.21. The molecule has 0 bridgehead atoms. The van der Waals surface area contributed by atoms with Gasteiger partial charge in [-0.1, -0.05) is 36.4 Å². The van der Waals surface area contributed by atoms with E-state index in [-0.39, 0.29) is 12.5 Å². The number of likely N-dealkylation sites (tertiary alicyclic amines) is 1. The quantitative estimate of drug-likeness (QED) is 0.911. The summed E-state index contributed by atoms with van der Waals surface area (Å²) in [6, 6.07) is 13.6. The Kier molecular flexibility index (Phi) is 4.05. The molecule has 0 radical (unpaired) electrons. The molecule has 0 aromatic heterocycles. The zero-order chi connectivity index (χ0) is 16.4. The van der Waals surface area contributed by atoms with Gasteiger partial charge in [0.1, 0.15) is 5.54 Å². The normalized spacial score (nSPS) is 21.4. The molecule has 1 saturated heterocycles. The first-order valence-corrected chi connectivity index (χ1v) is 7.77. The number of hydrogen-bond acceptors (Lipinski definition) is 3. The summed E-state index contributed by atoms with van der Waals surface area (Å²) < 4.78 is 0. The Hall–Kier alpha value is -2.40. The summed E-state index contributed by atoms with van der Waals surface area (Å²) in [5.74, 6) is -1.05. The number of rotatable bonds is 4. The van der Waals surface area contributed by atoms with Crippen LogP contribution in [0, 0.1) is 0 Å². The maximum atomic E-state index is 12.4. The first-order valence-electron chi connectivity index (χ1n) is 7.77. The monoisotopic (exact) mass is 312 g/mol. The molecule has 23 heavy (non-hydrogen) atoms. The van der Waals surface area contributed by atoms with Crippen LogP contribution in [0.2, 0.25) is 0 Å². The summed E-state index contributed by atoms with van der Waals surface area (Å²) in [4.78, 5) is 25.6. The third kappa shape index (κ3) is 2.92. The molecular weight excluding hydrogens is 292 g/mol. The first kappa shape index (κ1) is 15.5. The molecule has 2 aromatic rings. The number of aliphatic carboxylic acids is 1. The number of carbonyl (C=O) groups excluding carboxylic acids is 1. The Morgan fingerprint density at radius 1 is 1.22 bits per heavy atom. The van der Waals surface area contributed by atoms with Crippen LogP contribution < -0.4 is 5.32 Å². The van der Waals surface area contributed by atoms with E-state index in [1.165, 1.54) is 0 Å². The number of carboxylic acid groups (broad SMARTS) is 1. The number of fused-ring (bicyclic) bond motifs is 1. The first-order chi connectivity index (χ1) is 11.0. The summed E-state index contributed by atoms with van der Waals surface area (Å²) in [5.41, 5.74) is -0.194. The average Bonchev–Trinajstić information content (AvgIpc) is 2.90. The second-order valence-electron chi connectivity index (χ2n) is 6.18. The minimum absolute atomic E-state index is 0.0893. The highest BCUT2D eigenvalue weighted by Crippen LogP contribution is 2.29. The highest BCUT2D eigenvalue weighted by Gasteiger charge is 2.43. The Labute approximate surface area is 134 Å². The summed E-state index contributed by atoms with van der Waals surface area (Å²) in [7, 11) is 0. The molecule has 5 nitrogen and oxygen atoms in total. The average molecular weight is 312 g/mol. The number of benzene rings is 2. The van der Waals surface area contributed by atoms with Crippen molar-refractivity contribution >= 4 is 28.3 Å². The maximum Gasteiger partial charge on any atom is 0.323 e. The van der Waals surface area contributed by atoms with Crippen molar-refractivity contribution in [3.05, 3.63) is 42.5 Å². The van der Waals surface area contributed by atoms with E-state index in [9.17, 15) is 14.7 Å². The minimum atomic E-state index is -0.948. The molecule has 0 saturated carbocycles. The predicted molar refractivity (Wildman–Crippen MR) is 89.4 cm³/mol. The van der Waals surface area contributed by atoms with Crippen LogP contribution in [0.1, 0.15) is 19.8 Å². The van der Waals surface area contributed by atoms with Crippen LogP contribution >= 0.6 is 0 Å². The van der Waals surface area contributed by atoms with Crippen LogP contribution in [-0.2, 0) is 9.59 Å². The summed E-state index contributed by atoms with van der Waals surface area (Å²) in [6.07, 6.45) is 1.37. The molecule has 1 aliphatic heterocycles. The van der Waals surface area contributed by atoms with Crippen molar-refractivity contribution in [2.45, 2.75) is 25.3 Å². The van der Waals surface area contributed by atoms with Crippen molar-refractivity contribution in [3.63, 3.8) is 0 Å². The van der Waals surface area contributed by atoms with Crippen LogP contribution in [0.25, 0.3) is 10.8 Å². The highest BCUT2D eigenvalue weighted by atomic mass is 16.4. The smallest absolute Gasteiger partial charge is 0.323 e. The summed E-state index contributed by atoms with van der Waals surface area (Å²) in [6.45, 7) is 2.41. The number of nitrogens with zero attached hydrogens (tertiary/aromatic N) is 1. The van der Waals surface area contributed by atoms with Crippen LogP contribution in [-0.4, -0.2) is 40.5 Å². The van der Waals surface area contributed by atoms with Crippen LogP contribution in [0.3, 0.4) is 0 Å². The van der Waals surface area contributed by atoms with Gasteiger partial charge in [-0.2, -0.15) is 0 Å². The van der Waals surface area contributed by atoms with Gasteiger partial charge in [0.15, 0.2) is 0 Å². The zero-order valence-corrected chi connectivity index (χ0v) is 13.1. The molecule has 0 aliphatic carbocycles. The fraction of sp³-hybridized carbons (Fsp3) is 0.333. The van der Waals surface area contributed by atoms with Crippen molar-refractivity contribution in [2.75, 3.05) is 18.4 Å². The van der Waals surface area contributed by atoms with E-state index < -0.39 is 11.5 Å². The van der Waals surface area contributed by atoms with Crippen LogP contribution in [0.15, 0.2) is 42.5 Å². The van der Waals surface area contributed by atoms with Crippen molar-refractivity contribution in [2.24, 2.45) is 0 Å². The molecule has 1 unspecified atom stereocenters. The van der Waals surface area contributed by atoms with Crippen molar-refractivity contribution < 1.29 is 14.7 Å². The van der Waals surface area contributed by atoms with Crippen molar-refractivity contribution in [1.82, 2.24) is 4.90 Å². The van der Waals surface area contributed by atoms with Crippen LogP contribution in [0.5, 0.6) is 0 Å². The van der Waals surface area contributed by atoms with Gasteiger partial charge in [0, 0.05) is 11.1 Å². The van der Waals surface area contributed by atoms with Gasteiger partial charge in [0.25, 0.3) is 0 Å². The second-order valence-corrected chi connectivity index (χ2v) is 6.18. The van der Waals surface area contributed by atoms with E-state index in [0.29, 0.717) is 13.0 Å². The van der Waals surface area contributed by atoms with E-state index in [1.807, 2.05) is 42.5 Å². The lowest BCUT2D eigenvalue weighted by molar-refractivity contribution is -0.149. The molecule has 3 rings (SSSR count). The van der Waals surface area contributed by atoms with Crippen molar-refractivity contribution in [1.29, 1.82) is 0 Å². The van der Waals surface area contributed by atoms with Gasteiger partial charge in [0.2, 0.25) is 5.91 Å². The van der Waals surface area contributed by atoms with E-state index >= 15 is 0 Å². The molecule has 1 amide bonds. The molecule has 2 aromatic carbocycles. The summed E-state index contributed by atoms with van der Waals surface area (Å²) >= 11 is 0. The molecular formula is C18H20N2O3. The second kappa shape index (κ2) is 6.01. The molecule has 1 aliphatic rings. The number of carbonyl (C=O) groups is 2. The largest absolute Gasteiger partial charge is 0.480 e. The van der Waals surface area contributed by atoms with E-state index in [1.54, 1.807) is 11.8 Å². The molecule has 1 atom stereocenters. The number of amides is 1. The lowest BCUT2D eigenvalue weighted by Crippen LogP contribution is -2.50.